The third-order valence-corrected chi connectivity index (χ3v) is 3.41. The Morgan fingerprint density at radius 2 is 1.94 bits per heavy atom. The highest BCUT2D eigenvalue weighted by atomic mass is 16.6. The van der Waals surface area contributed by atoms with Gasteiger partial charge >= 0.3 is 12.2 Å². The molecule has 0 unspecified atom stereocenters. The summed E-state index contributed by atoms with van der Waals surface area (Å²) in [7, 11) is 3.28. The van der Waals surface area contributed by atoms with Gasteiger partial charge < -0.3 is 19.6 Å². The highest BCUT2D eigenvalue weighted by Crippen LogP contribution is 2.51. The maximum atomic E-state index is 11.2. The van der Waals surface area contributed by atoms with Crippen LogP contribution in [0.4, 0.5) is 9.59 Å². The van der Waals surface area contributed by atoms with Gasteiger partial charge in [-0.15, -0.1) is 0 Å². The molecule has 6 heteroatoms. The number of piperidine rings is 1. The van der Waals surface area contributed by atoms with E-state index in [4.69, 9.17) is 9.84 Å². The lowest BCUT2D eigenvalue weighted by molar-refractivity contribution is 0.105. The molecule has 1 heterocycles. The van der Waals surface area contributed by atoms with Crippen molar-refractivity contribution < 1.29 is 19.4 Å². The van der Waals surface area contributed by atoms with Gasteiger partial charge in [-0.05, 0) is 11.8 Å². The molecule has 0 aromatic heterocycles. The van der Waals surface area contributed by atoms with Crippen LogP contribution in [0.1, 0.15) is 0 Å². The maximum absolute atomic E-state index is 11.2. The van der Waals surface area contributed by atoms with Gasteiger partial charge in [-0.1, -0.05) is 0 Å². The SMILES string of the molecule is CN(C)C(=O)OC[C@@H]1[C@H]2CN(C(=O)O)C[C@@H]12. The van der Waals surface area contributed by atoms with Crippen molar-refractivity contribution in [1.29, 1.82) is 0 Å². The first-order valence-corrected chi connectivity index (χ1v) is 5.32. The predicted octanol–water partition coefficient (Wildman–Crippen LogP) is 0.540. The van der Waals surface area contributed by atoms with E-state index in [1.54, 1.807) is 14.1 Å². The first-order chi connectivity index (χ1) is 7.50. The van der Waals surface area contributed by atoms with Crippen molar-refractivity contribution in [3.05, 3.63) is 0 Å². The Kier molecular flexibility index (Phi) is 2.65. The van der Waals surface area contributed by atoms with E-state index in [0.717, 1.165) is 0 Å². The molecule has 0 aromatic rings. The molecule has 1 N–H and O–H groups in total. The van der Waals surface area contributed by atoms with E-state index >= 15 is 0 Å². The summed E-state index contributed by atoms with van der Waals surface area (Å²) in [5.74, 6) is 1.15. The highest BCUT2D eigenvalue weighted by molar-refractivity contribution is 5.67. The minimum Gasteiger partial charge on any atom is -0.465 e. The lowest BCUT2D eigenvalue weighted by Gasteiger charge is -2.16. The minimum absolute atomic E-state index is 0.333. The van der Waals surface area contributed by atoms with Crippen LogP contribution in [0.25, 0.3) is 0 Å². The van der Waals surface area contributed by atoms with Crippen LogP contribution in [0.2, 0.25) is 0 Å². The average molecular weight is 228 g/mol. The molecule has 0 radical (unpaired) electrons. The van der Waals surface area contributed by atoms with Gasteiger partial charge in [0.05, 0.1) is 6.61 Å². The number of carbonyl (C=O) groups is 2. The number of rotatable bonds is 2. The lowest BCUT2D eigenvalue weighted by atomic mass is 10.3. The van der Waals surface area contributed by atoms with Gasteiger partial charge in [0.15, 0.2) is 0 Å². The molecule has 90 valence electrons. The van der Waals surface area contributed by atoms with E-state index in [9.17, 15) is 9.59 Å². The Labute approximate surface area is 93.8 Å². The van der Waals surface area contributed by atoms with Crippen LogP contribution in [-0.2, 0) is 4.74 Å². The van der Waals surface area contributed by atoms with Crippen molar-refractivity contribution >= 4 is 12.2 Å². The standard InChI is InChI=1S/C10H16N2O4/c1-11(2)10(15)16-5-8-6-3-12(9(13)14)4-7(6)8/h6-8H,3-5H2,1-2H3,(H,13,14)/t6-,7+,8+. The van der Waals surface area contributed by atoms with Crippen LogP contribution in [0.15, 0.2) is 0 Å². The summed E-state index contributed by atoms with van der Waals surface area (Å²) < 4.78 is 5.08. The molecular weight excluding hydrogens is 212 g/mol. The van der Waals surface area contributed by atoms with Gasteiger partial charge in [-0.2, -0.15) is 0 Å². The number of likely N-dealkylation sites (tertiary alicyclic amines) is 1. The molecule has 0 aromatic carbocycles. The molecule has 6 nitrogen and oxygen atoms in total. The predicted molar refractivity (Wildman–Crippen MR) is 55.1 cm³/mol. The van der Waals surface area contributed by atoms with Crippen molar-refractivity contribution in [2.75, 3.05) is 33.8 Å². The fourth-order valence-corrected chi connectivity index (χ4v) is 2.35. The molecule has 0 bridgehead atoms. The summed E-state index contributed by atoms with van der Waals surface area (Å²) in [6.07, 6.45) is -1.18. The number of fused-ring (bicyclic) bond motifs is 1. The third-order valence-electron chi connectivity index (χ3n) is 3.41. The summed E-state index contributed by atoms with van der Waals surface area (Å²) in [5.41, 5.74) is 0. The lowest BCUT2D eigenvalue weighted by Crippen LogP contribution is -2.31. The molecule has 1 saturated carbocycles. The molecule has 2 amide bonds. The number of carboxylic acid groups (broad SMARTS) is 1. The van der Waals surface area contributed by atoms with Gasteiger partial charge in [-0.25, -0.2) is 9.59 Å². The van der Waals surface area contributed by atoms with E-state index in [2.05, 4.69) is 0 Å². The third kappa shape index (κ3) is 1.91. The molecular formula is C10H16N2O4. The number of nitrogens with zero attached hydrogens (tertiary/aromatic N) is 2. The van der Waals surface area contributed by atoms with Crippen LogP contribution in [0.3, 0.4) is 0 Å². The van der Waals surface area contributed by atoms with Crippen LogP contribution in [0, 0.1) is 17.8 Å². The topological polar surface area (TPSA) is 70.1 Å². The second-order valence-electron chi connectivity index (χ2n) is 4.65. The van der Waals surface area contributed by atoms with Crippen molar-refractivity contribution in [3.63, 3.8) is 0 Å². The van der Waals surface area contributed by atoms with Gasteiger partial charge in [-0.3, -0.25) is 0 Å². The molecule has 2 rings (SSSR count). The van der Waals surface area contributed by atoms with Gasteiger partial charge in [0.2, 0.25) is 0 Å². The first-order valence-electron chi connectivity index (χ1n) is 5.32. The van der Waals surface area contributed by atoms with Gasteiger partial charge in [0.1, 0.15) is 0 Å². The van der Waals surface area contributed by atoms with E-state index in [-0.39, 0.29) is 6.09 Å². The van der Waals surface area contributed by atoms with E-state index < -0.39 is 6.09 Å². The van der Waals surface area contributed by atoms with Crippen molar-refractivity contribution in [2.24, 2.45) is 17.8 Å². The number of carbonyl (C=O) groups excluding carboxylic acids is 1. The van der Waals surface area contributed by atoms with Crippen LogP contribution in [0.5, 0.6) is 0 Å². The maximum Gasteiger partial charge on any atom is 0.409 e. The van der Waals surface area contributed by atoms with E-state index in [1.807, 2.05) is 0 Å². The molecule has 0 spiro atoms. The number of amides is 2. The number of hydrogen-bond acceptors (Lipinski definition) is 3. The van der Waals surface area contributed by atoms with Gasteiger partial charge in [0, 0.05) is 33.1 Å². The Bertz CT molecular complexity index is 306. The first kappa shape index (κ1) is 11.0. The fraction of sp³-hybridized carbons (Fsp3) is 0.800. The zero-order chi connectivity index (χ0) is 11.9. The quantitative estimate of drug-likeness (QED) is 0.749. The van der Waals surface area contributed by atoms with E-state index in [1.165, 1.54) is 9.80 Å². The second kappa shape index (κ2) is 3.84. The normalized spacial score (nSPS) is 30.9. The monoisotopic (exact) mass is 228 g/mol. The Morgan fingerprint density at radius 1 is 1.38 bits per heavy atom. The van der Waals surface area contributed by atoms with Gasteiger partial charge in [0.25, 0.3) is 0 Å². The summed E-state index contributed by atoms with van der Waals surface area (Å²) in [5, 5.41) is 8.76. The summed E-state index contributed by atoms with van der Waals surface area (Å²) in [6, 6.07) is 0. The highest BCUT2D eigenvalue weighted by Gasteiger charge is 2.57. The molecule has 1 saturated heterocycles. The second-order valence-corrected chi connectivity index (χ2v) is 4.65. The molecule has 16 heavy (non-hydrogen) atoms. The summed E-state index contributed by atoms with van der Waals surface area (Å²) in [6.45, 7) is 1.59. The minimum atomic E-state index is -0.851. The average Bonchev–Trinajstić information content (AvgIpc) is 2.68. The Balaban J connectivity index is 1.71. The zero-order valence-corrected chi connectivity index (χ0v) is 9.42. The Hall–Kier alpha value is -1.46. The molecule has 1 aliphatic heterocycles. The van der Waals surface area contributed by atoms with Crippen molar-refractivity contribution in [3.8, 4) is 0 Å². The Morgan fingerprint density at radius 3 is 2.38 bits per heavy atom. The van der Waals surface area contributed by atoms with Crippen LogP contribution >= 0.6 is 0 Å². The largest absolute Gasteiger partial charge is 0.465 e. The summed E-state index contributed by atoms with van der Waals surface area (Å²) >= 11 is 0. The molecule has 2 fully saturated rings. The smallest absolute Gasteiger partial charge is 0.409 e. The van der Waals surface area contributed by atoms with Crippen LogP contribution in [-0.4, -0.2) is 60.9 Å². The van der Waals surface area contributed by atoms with Crippen LogP contribution < -0.4 is 0 Å². The fourth-order valence-electron chi connectivity index (χ4n) is 2.35. The molecule has 3 atom stereocenters. The van der Waals surface area contributed by atoms with Crippen molar-refractivity contribution in [2.45, 2.75) is 0 Å². The van der Waals surface area contributed by atoms with E-state index in [0.29, 0.717) is 37.5 Å². The molecule has 1 aliphatic carbocycles. The van der Waals surface area contributed by atoms with Crippen molar-refractivity contribution in [1.82, 2.24) is 9.80 Å². The molecule has 2 aliphatic rings. The number of hydrogen-bond donors (Lipinski definition) is 1. The zero-order valence-electron chi connectivity index (χ0n) is 9.42. The summed E-state index contributed by atoms with van der Waals surface area (Å²) in [4.78, 5) is 24.7. The number of ether oxygens (including phenoxy) is 1.